The number of nitro groups is 1. The lowest BCUT2D eigenvalue weighted by atomic mass is 10.0. The lowest BCUT2D eigenvalue weighted by Crippen LogP contribution is -1.88. The van der Waals surface area contributed by atoms with Crippen LogP contribution in [0.5, 0.6) is 0 Å². The van der Waals surface area contributed by atoms with Gasteiger partial charge in [-0.1, -0.05) is 12.1 Å². The fraction of sp³-hybridized carbons (Fsp3) is 0. The Balaban J connectivity index is 2.80. The molecule has 4 heteroatoms. The van der Waals surface area contributed by atoms with Gasteiger partial charge < -0.3 is 0 Å². The third kappa shape index (κ3) is 1.51. The molecule has 0 saturated heterocycles. The van der Waals surface area contributed by atoms with E-state index in [1.54, 1.807) is 18.2 Å². The predicted molar refractivity (Wildman–Crippen MR) is 55.3 cm³/mol. The first-order chi connectivity index (χ1) is 7.22. The molecule has 2 aromatic carbocycles. The van der Waals surface area contributed by atoms with Crippen LogP contribution in [-0.4, -0.2) is 4.92 Å². The van der Waals surface area contributed by atoms with Crippen molar-refractivity contribution in [3.63, 3.8) is 0 Å². The summed E-state index contributed by atoms with van der Waals surface area (Å²) in [5.41, 5.74) is 0.460. The van der Waals surface area contributed by atoms with E-state index in [4.69, 9.17) is 5.26 Å². The minimum absolute atomic E-state index is 0.00481. The molecule has 0 bridgehead atoms. The second-order valence-corrected chi connectivity index (χ2v) is 3.08. The largest absolute Gasteiger partial charge is 0.270 e. The van der Waals surface area contributed by atoms with E-state index in [-0.39, 0.29) is 5.69 Å². The summed E-state index contributed by atoms with van der Waals surface area (Å²) in [5, 5.41) is 20.9. The second-order valence-electron chi connectivity index (χ2n) is 3.08. The zero-order valence-corrected chi connectivity index (χ0v) is 7.68. The molecule has 0 unspecified atom stereocenters. The quantitative estimate of drug-likeness (QED) is 0.522. The molecule has 2 aromatic rings. The van der Waals surface area contributed by atoms with Gasteiger partial charge in [0.25, 0.3) is 5.69 Å². The average molecular weight is 198 g/mol. The van der Waals surface area contributed by atoms with Crippen molar-refractivity contribution in [3.8, 4) is 6.07 Å². The van der Waals surface area contributed by atoms with Gasteiger partial charge in [-0.3, -0.25) is 10.1 Å². The highest BCUT2D eigenvalue weighted by Crippen LogP contribution is 2.23. The van der Waals surface area contributed by atoms with Crippen molar-refractivity contribution >= 4 is 16.5 Å². The molecule has 15 heavy (non-hydrogen) atoms. The molecule has 4 nitrogen and oxygen atoms in total. The number of non-ortho nitro benzene ring substituents is 1. The molecule has 0 aliphatic carbocycles. The zero-order valence-electron chi connectivity index (χ0n) is 7.68. The first-order valence-electron chi connectivity index (χ1n) is 4.29. The van der Waals surface area contributed by atoms with E-state index in [2.05, 4.69) is 0 Å². The number of nitro benzene ring substituents is 1. The van der Waals surface area contributed by atoms with Crippen molar-refractivity contribution in [2.45, 2.75) is 0 Å². The van der Waals surface area contributed by atoms with Crippen LogP contribution in [0.3, 0.4) is 0 Å². The predicted octanol–water partition coefficient (Wildman–Crippen LogP) is 2.62. The van der Waals surface area contributed by atoms with Gasteiger partial charge in [0.05, 0.1) is 16.6 Å². The molecule has 0 atom stereocenters. The van der Waals surface area contributed by atoms with Gasteiger partial charge in [-0.05, 0) is 17.5 Å². The maximum atomic E-state index is 10.6. The molecule has 0 spiro atoms. The number of benzene rings is 2. The van der Waals surface area contributed by atoms with Gasteiger partial charge in [0.15, 0.2) is 0 Å². The number of rotatable bonds is 1. The number of nitrogens with zero attached hydrogens (tertiary/aromatic N) is 2. The summed E-state index contributed by atoms with van der Waals surface area (Å²) in [6.07, 6.45) is 0. The number of hydrogen-bond donors (Lipinski definition) is 0. The molecule has 0 fully saturated rings. The molecule has 0 amide bonds. The maximum absolute atomic E-state index is 10.6. The Morgan fingerprint density at radius 1 is 1.27 bits per heavy atom. The van der Waals surface area contributed by atoms with E-state index in [1.807, 2.05) is 12.1 Å². The van der Waals surface area contributed by atoms with Crippen LogP contribution in [0.2, 0.25) is 0 Å². The summed E-state index contributed by atoms with van der Waals surface area (Å²) in [4.78, 5) is 10.1. The lowest BCUT2D eigenvalue weighted by molar-refractivity contribution is -0.384. The third-order valence-corrected chi connectivity index (χ3v) is 2.20. The summed E-state index contributed by atoms with van der Waals surface area (Å²) in [6.45, 7) is 0. The van der Waals surface area contributed by atoms with Crippen molar-refractivity contribution in [1.82, 2.24) is 0 Å². The summed E-state index contributed by atoms with van der Waals surface area (Å²) >= 11 is 0. The van der Waals surface area contributed by atoms with Crippen LogP contribution < -0.4 is 0 Å². The minimum atomic E-state index is -0.465. The minimum Gasteiger partial charge on any atom is -0.258 e. The van der Waals surface area contributed by atoms with Crippen molar-refractivity contribution in [2.75, 3.05) is 0 Å². The van der Waals surface area contributed by atoms with E-state index in [1.165, 1.54) is 12.1 Å². The van der Waals surface area contributed by atoms with Crippen LogP contribution >= 0.6 is 0 Å². The van der Waals surface area contributed by atoms with Gasteiger partial charge in [0.1, 0.15) is 0 Å². The molecule has 2 rings (SSSR count). The fourth-order valence-corrected chi connectivity index (χ4v) is 1.47. The van der Waals surface area contributed by atoms with E-state index in [9.17, 15) is 10.1 Å². The molecule has 0 aromatic heterocycles. The monoisotopic (exact) mass is 198 g/mol. The van der Waals surface area contributed by atoms with Gasteiger partial charge in [-0.25, -0.2) is 0 Å². The fourth-order valence-electron chi connectivity index (χ4n) is 1.47. The molecule has 0 heterocycles. The molecule has 0 aliphatic heterocycles. The van der Waals surface area contributed by atoms with Gasteiger partial charge in [0, 0.05) is 17.5 Å². The van der Waals surface area contributed by atoms with Crippen molar-refractivity contribution in [3.05, 3.63) is 52.1 Å². The SMILES string of the molecule is N#Cc1cccc2ccc([N+](=O)[O-])cc12. The molecule has 0 aliphatic rings. The molecule has 0 saturated carbocycles. The Labute approximate surface area is 85.5 Å². The second kappa shape index (κ2) is 3.39. The van der Waals surface area contributed by atoms with E-state index in [0.717, 1.165) is 5.39 Å². The standard InChI is InChI=1S/C11H6N2O2/c12-7-9-3-1-2-8-4-5-10(13(14)15)6-11(8)9/h1-6H. The lowest BCUT2D eigenvalue weighted by Gasteiger charge is -1.99. The van der Waals surface area contributed by atoms with Crippen LogP contribution in [0, 0.1) is 21.4 Å². The number of nitriles is 1. The van der Waals surface area contributed by atoms with Crippen molar-refractivity contribution in [2.24, 2.45) is 0 Å². The van der Waals surface area contributed by atoms with Crippen LogP contribution in [0.15, 0.2) is 36.4 Å². The van der Waals surface area contributed by atoms with Crippen LogP contribution in [0.1, 0.15) is 5.56 Å². The Kier molecular flexibility index (Phi) is 2.07. The highest BCUT2D eigenvalue weighted by molar-refractivity contribution is 5.89. The molecule has 0 N–H and O–H groups in total. The zero-order chi connectivity index (χ0) is 10.8. The van der Waals surface area contributed by atoms with Crippen molar-refractivity contribution < 1.29 is 4.92 Å². The summed E-state index contributed by atoms with van der Waals surface area (Å²) < 4.78 is 0. The maximum Gasteiger partial charge on any atom is 0.270 e. The van der Waals surface area contributed by atoms with Gasteiger partial charge >= 0.3 is 0 Å². The summed E-state index contributed by atoms with van der Waals surface area (Å²) in [7, 11) is 0. The Morgan fingerprint density at radius 2 is 2.07 bits per heavy atom. The summed E-state index contributed by atoms with van der Waals surface area (Å²) in [5.74, 6) is 0. The van der Waals surface area contributed by atoms with Gasteiger partial charge in [-0.15, -0.1) is 0 Å². The first kappa shape index (κ1) is 9.16. The smallest absolute Gasteiger partial charge is 0.258 e. The normalized spacial score (nSPS) is 9.80. The Bertz CT molecular complexity index is 585. The summed E-state index contributed by atoms with van der Waals surface area (Å²) in [6, 6.07) is 11.7. The average Bonchev–Trinajstić information content (AvgIpc) is 2.27. The topological polar surface area (TPSA) is 66.9 Å². The Morgan fingerprint density at radius 3 is 2.73 bits per heavy atom. The molecule has 0 radical (unpaired) electrons. The van der Waals surface area contributed by atoms with E-state index < -0.39 is 4.92 Å². The van der Waals surface area contributed by atoms with E-state index >= 15 is 0 Å². The highest BCUT2D eigenvalue weighted by Gasteiger charge is 2.07. The van der Waals surface area contributed by atoms with Crippen LogP contribution in [0.25, 0.3) is 10.8 Å². The van der Waals surface area contributed by atoms with E-state index in [0.29, 0.717) is 10.9 Å². The van der Waals surface area contributed by atoms with Crippen LogP contribution in [-0.2, 0) is 0 Å². The third-order valence-electron chi connectivity index (χ3n) is 2.20. The van der Waals surface area contributed by atoms with Gasteiger partial charge in [-0.2, -0.15) is 5.26 Å². The molecule has 72 valence electrons. The first-order valence-corrected chi connectivity index (χ1v) is 4.29. The van der Waals surface area contributed by atoms with Crippen LogP contribution in [0.4, 0.5) is 5.69 Å². The van der Waals surface area contributed by atoms with Crippen molar-refractivity contribution in [1.29, 1.82) is 5.26 Å². The Hall–Kier alpha value is -2.41. The number of fused-ring (bicyclic) bond motifs is 1. The number of hydrogen-bond acceptors (Lipinski definition) is 3. The van der Waals surface area contributed by atoms with Gasteiger partial charge in [0.2, 0.25) is 0 Å². The highest BCUT2D eigenvalue weighted by atomic mass is 16.6. The molecular weight excluding hydrogens is 192 g/mol. The molecular formula is C11H6N2O2.